The lowest BCUT2D eigenvalue weighted by Gasteiger charge is -2.10. The molecule has 26 heavy (non-hydrogen) atoms. The minimum Gasteiger partial charge on any atom is -0.378 e. The van der Waals surface area contributed by atoms with Crippen molar-refractivity contribution in [1.82, 2.24) is 10.6 Å². The molecule has 0 fully saturated rings. The summed E-state index contributed by atoms with van der Waals surface area (Å²) in [4.78, 5) is 27.8. The van der Waals surface area contributed by atoms with Gasteiger partial charge in [0, 0.05) is 26.5 Å². The van der Waals surface area contributed by atoms with Gasteiger partial charge in [0.1, 0.15) is 0 Å². The molecule has 0 bridgehead atoms. The van der Waals surface area contributed by atoms with Gasteiger partial charge in [0.2, 0.25) is 0 Å². The summed E-state index contributed by atoms with van der Waals surface area (Å²) in [6.45, 7) is 2.56. The van der Waals surface area contributed by atoms with Crippen molar-refractivity contribution in [3.8, 4) is 0 Å². The summed E-state index contributed by atoms with van der Waals surface area (Å²) < 4.78 is 0. The number of carbonyl (C=O) groups excluding carboxylic acids is 2. The molecule has 7 heteroatoms. The molecule has 0 aromatic heterocycles. The van der Waals surface area contributed by atoms with E-state index in [0.717, 1.165) is 14.7 Å². The Labute approximate surface area is 160 Å². The predicted octanol–water partition coefficient (Wildman–Crippen LogP) is 3.66. The molecule has 2 heterocycles. The third-order valence-corrected chi connectivity index (χ3v) is 6.28. The first-order chi connectivity index (χ1) is 12.6. The van der Waals surface area contributed by atoms with E-state index in [9.17, 15) is 9.59 Å². The zero-order valence-electron chi connectivity index (χ0n) is 14.0. The van der Waals surface area contributed by atoms with Crippen LogP contribution < -0.4 is 16.0 Å². The SMILES string of the molecule is CC1NC=C(CNC(=O)c2ccc3c(c2)NC(=O)c2ccccc2S3)S1. The van der Waals surface area contributed by atoms with Gasteiger partial charge in [-0.25, -0.2) is 0 Å². The maximum atomic E-state index is 12.5. The van der Waals surface area contributed by atoms with Crippen molar-refractivity contribution >= 4 is 41.0 Å². The van der Waals surface area contributed by atoms with Crippen molar-refractivity contribution in [2.24, 2.45) is 0 Å². The van der Waals surface area contributed by atoms with Crippen LogP contribution in [0.5, 0.6) is 0 Å². The van der Waals surface area contributed by atoms with Crippen LogP contribution in [0.15, 0.2) is 63.4 Å². The number of hydrogen-bond donors (Lipinski definition) is 3. The average Bonchev–Trinajstić information content (AvgIpc) is 3.00. The van der Waals surface area contributed by atoms with Gasteiger partial charge in [0.15, 0.2) is 0 Å². The number of nitrogens with one attached hydrogen (secondary N) is 3. The second-order valence-electron chi connectivity index (χ2n) is 5.98. The lowest BCUT2D eigenvalue weighted by atomic mass is 10.1. The van der Waals surface area contributed by atoms with Gasteiger partial charge < -0.3 is 16.0 Å². The summed E-state index contributed by atoms with van der Waals surface area (Å²) in [5, 5.41) is 9.37. The summed E-state index contributed by atoms with van der Waals surface area (Å²) in [6, 6.07) is 12.9. The monoisotopic (exact) mass is 383 g/mol. The molecule has 4 rings (SSSR count). The highest BCUT2D eigenvalue weighted by Gasteiger charge is 2.21. The van der Waals surface area contributed by atoms with E-state index in [4.69, 9.17) is 0 Å². The first-order valence-corrected chi connectivity index (χ1v) is 9.92. The Morgan fingerprint density at radius 2 is 2.04 bits per heavy atom. The van der Waals surface area contributed by atoms with Crippen molar-refractivity contribution in [3.05, 3.63) is 64.7 Å². The molecule has 0 spiro atoms. The van der Waals surface area contributed by atoms with Crippen molar-refractivity contribution in [3.63, 3.8) is 0 Å². The van der Waals surface area contributed by atoms with Crippen molar-refractivity contribution in [2.75, 3.05) is 11.9 Å². The van der Waals surface area contributed by atoms with Crippen LogP contribution in [0.4, 0.5) is 5.69 Å². The van der Waals surface area contributed by atoms with Crippen LogP contribution in [0.1, 0.15) is 27.6 Å². The molecule has 0 saturated carbocycles. The van der Waals surface area contributed by atoms with Gasteiger partial charge in [-0.2, -0.15) is 0 Å². The molecule has 0 radical (unpaired) electrons. The molecule has 5 nitrogen and oxygen atoms in total. The summed E-state index contributed by atoms with van der Waals surface area (Å²) >= 11 is 3.22. The van der Waals surface area contributed by atoms with E-state index in [1.165, 1.54) is 11.8 Å². The van der Waals surface area contributed by atoms with Crippen molar-refractivity contribution in [1.29, 1.82) is 0 Å². The highest BCUT2D eigenvalue weighted by Crippen LogP contribution is 2.39. The molecule has 2 aliphatic rings. The maximum absolute atomic E-state index is 12.5. The smallest absolute Gasteiger partial charge is 0.256 e. The van der Waals surface area contributed by atoms with E-state index in [1.807, 2.05) is 30.5 Å². The molecule has 0 saturated heterocycles. The molecular weight excluding hydrogens is 366 g/mol. The topological polar surface area (TPSA) is 70.2 Å². The van der Waals surface area contributed by atoms with E-state index < -0.39 is 0 Å². The Balaban J connectivity index is 1.51. The van der Waals surface area contributed by atoms with Gasteiger partial charge >= 0.3 is 0 Å². The summed E-state index contributed by atoms with van der Waals surface area (Å²) in [6.07, 6.45) is 1.93. The van der Waals surface area contributed by atoms with E-state index in [-0.39, 0.29) is 11.8 Å². The number of benzene rings is 2. The molecular formula is C19H17N3O2S2. The number of hydrogen-bond acceptors (Lipinski definition) is 5. The Morgan fingerprint density at radius 3 is 2.85 bits per heavy atom. The number of fused-ring (bicyclic) bond motifs is 2. The van der Waals surface area contributed by atoms with Crippen LogP contribution in [-0.2, 0) is 0 Å². The number of anilines is 1. The molecule has 0 aliphatic carbocycles. The van der Waals surface area contributed by atoms with Crippen LogP contribution in [0.2, 0.25) is 0 Å². The first-order valence-electron chi connectivity index (χ1n) is 8.22. The third-order valence-electron chi connectivity index (χ3n) is 4.07. The van der Waals surface area contributed by atoms with Gasteiger partial charge in [-0.15, -0.1) is 11.8 Å². The lowest BCUT2D eigenvalue weighted by Crippen LogP contribution is -2.25. The summed E-state index contributed by atoms with van der Waals surface area (Å²) in [5.41, 5.74) is 1.83. The first kappa shape index (κ1) is 17.1. The summed E-state index contributed by atoms with van der Waals surface area (Å²) in [7, 11) is 0. The van der Waals surface area contributed by atoms with E-state index in [0.29, 0.717) is 28.7 Å². The minimum absolute atomic E-state index is 0.156. The Bertz CT molecular complexity index is 927. The van der Waals surface area contributed by atoms with E-state index in [1.54, 1.807) is 30.0 Å². The van der Waals surface area contributed by atoms with Crippen LogP contribution >= 0.6 is 23.5 Å². The molecule has 132 valence electrons. The fraction of sp³-hybridized carbons (Fsp3) is 0.158. The minimum atomic E-state index is -0.158. The molecule has 2 aromatic carbocycles. The predicted molar refractivity (Wildman–Crippen MR) is 106 cm³/mol. The van der Waals surface area contributed by atoms with Gasteiger partial charge in [-0.1, -0.05) is 23.9 Å². The fourth-order valence-corrected chi connectivity index (χ4v) is 4.67. The highest BCUT2D eigenvalue weighted by atomic mass is 32.2. The molecule has 2 amide bonds. The van der Waals surface area contributed by atoms with Crippen molar-refractivity contribution in [2.45, 2.75) is 22.1 Å². The van der Waals surface area contributed by atoms with E-state index in [2.05, 4.69) is 22.9 Å². The number of carbonyl (C=O) groups is 2. The largest absolute Gasteiger partial charge is 0.378 e. The molecule has 1 unspecified atom stereocenters. The Hall–Kier alpha value is -2.38. The number of rotatable bonds is 3. The van der Waals surface area contributed by atoms with Crippen molar-refractivity contribution < 1.29 is 9.59 Å². The van der Waals surface area contributed by atoms with Crippen LogP contribution in [0, 0.1) is 0 Å². The quantitative estimate of drug-likeness (QED) is 0.755. The second-order valence-corrected chi connectivity index (χ2v) is 8.53. The lowest BCUT2D eigenvalue weighted by molar-refractivity contribution is 0.0956. The molecule has 2 aromatic rings. The maximum Gasteiger partial charge on any atom is 0.256 e. The zero-order valence-corrected chi connectivity index (χ0v) is 15.7. The summed E-state index contributed by atoms with van der Waals surface area (Å²) in [5.74, 6) is -0.313. The third kappa shape index (κ3) is 3.45. The van der Waals surface area contributed by atoms with Crippen LogP contribution in [0.25, 0.3) is 0 Å². The normalized spacial score (nSPS) is 18.0. The molecule has 1 atom stereocenters. The second kappa shape index (κ2) is 7.09. The highest BCUT2D eigenvalue weighted by molar-refractivity contribution is 8.03. The fourth-order valence-electron chi connectivity index (χ4n) is 2.78. The van der Waals surface area contributed by atoms with Gasteiger partial charge in [0.05, 0.1) is 23.2 Å². The Morgan fingerprint density at radius 1 is 1.19 bits per heavy atom. The zero-order chi connectivity index (χ0) is 18.1. The van der Waals surface area contributed by atoms with Gasteiger partial charge in [-0.05, 0) is 37.3 Å². The van der Waals surface area contributed by atoms with Crippen LogP contribution in [-0.4, -0.2) is 23.7 Å². The molecule has 2 aliphatic heterocycles. The van der Waals surface area contributed by atoms with Crippen LogP contribution in [0.3, 0.4) is 0 Å². The number of thioether (sulfide) groups is 1. The Kier molecular flexibility index (Phi) is 4.65. The molecule has 3 N–H and O–H groups in total. The van der Waals surface area contributed by atoms with Gasteiger partial charge in [0.25, 0.3) is 11.8 Å². The van der Waals surface area contributed by atoms with Gasteiger partial charge in [-0.3, -0.25) is 9.59 Å². The van der Waals surface area contributed by atoms with E-state index >= 15 is 0 Å². The number of amides is 2. The standard InChI is InChI=1S/C19H17N3O2S2/c1-11-20-9-13(25-11)10-21-18(23)12-6-7-17-15(8-12)22-19(24)14-4-2-3-5-16(14)26-17/h2-9,11,20H,10H2,1H3,(H,21,23)(H,22,24). The average molecular weight is 383 g/mol.